The number of hydrogen-bond donors (Lipinski definition) is 0. The van der Waals surface area contributed by atoms with Gasteiger partial charge >= 0.3 is 0 Å². The topological polar surface area (TPSA) is 23.0 Å². The van der Waals surface area contributed by atoms with E-state index in [1.807, 2.05) is 12.1 Å². The lowest BCUT2D eigenvalue weighted by Gasteiger charge is -2.13. The third-order valence-corrected chi connectivity index (χ3v) is 9.30. The Bertz CT molecular complexity index is 2760. The molecule has 0 aliphatic carbocycles. The molecule has 0 bridgehead atoms. The highest BCUT2D eigenvalue weighted by Crippen LogP contribution is 2.42. The van der Waals surface area contributed by atoms with Gasteiger partial charge in [-0.3, -0.25) is 0 Å². The molecule has 0 saturated heterocycles. The molecule has 7 aromatic carbocycles. The maximum Gasteiger partial charge on any atom is 0.135 e. The minimum absolute atomic E-state index is 0.912. The molecule has 10 aromatic rings. The summed E-state index contributed by atoms with van der Waals surface area (Å²) < 4.78 is 11.0. The van der Waals surface area contributed by atoms with Crippen LogP contribution in [0.25, 0.3) is 88.1 Å². The predicted octanol–water partition coefficient (Wildman–Crippen LogP) is 11.4. The monoisotopic (exact) mass is 574 g/mol. The van der Waals surface area contributed by atoms with Crippen LogP contribution in [0.15, 0.2) is 162 Å². The third kappa shape index (κ3) is 3.46. The van der Waals surface area contributed by atoms with Crippen molar-refractivity contribution >= 4 is 65.6 Å². The molecular weight excluding hydrogens is 548 g/mol. The molecule has 0 N–H and O–H groups in total. The van der Waals surface area contributed by atoms with Crippen LogP contribution in [0.4, 0.5) is 0 Å². The zero-order valence-corrected chi connectivity index (χ0v) is 24.3. The summed E-state index contributed by atoms with van der Waals surface area (Å²) in [7, 11) is 0. The van der Waals surface area contributed by atoms with E-state index in [-0.39, 0.29) is 0 Å². The molecule has 10 rings (SSSR count). The summed E-state index contributed by atoms with van der Waals surface area (Å²) in [4.78, 5) is 0. The van der Waals surface area contributed by atoms with E-state index in [0.29, 0.717) is 0 Å². The maximum atomic E-state index is 6.13. The van der Waals surface area contributed by atoms with E-state index < -0.39 is 0 Å². The highest BCUT2D eigenvalue weighted by Gasteiger charge is 2.21. The Morgan fingerprint density at radius 3 is 1.62 bits per heavy atom. The lowest BCUT2D eigenvalue weighted by Crippen LogP contribution is -1.98. The van der Waals surface area contributed by atoms with Crippen molar-refractivity contribution in [1.82, 2.24) is 9.13 Å². The zero-order valence-electron chi connectivity index (χ0n) is 24.3. The number of nitrogens with zero attached hydrogens (tertiary/aromatic N) is 2. The molecule has 3 heteroatoms. The number of para-hydroxylation sites is 4. The van der Waals surface area contributed by atoms with Gasteiger partial charge in [-0.1, -0.05) is 103 Å². The van der Waals surface area contributed by atoms with E-state index >= 15 is 0 Å². The molecule has 0 unspecified atom stereocenters. The van der Waals surface area contributed by atoms with Crippen molar-refractivity contribution in [3.63, 3.8) is 0 Å². The predicted molar refractivity (Wildman–Crippen MR) is 188 cm³/mol. The van der Waals surface area contributed by atoms with Crippen LogP contribution in [0.3, 0.4) is 0 Å². The van der Waals surface area contributed by atoms with Crippen molar-refractivity contribution in [3.05, 3.63) is 158 Å². The molecule has 0 atom stereocenters. The molecule has 3 aromatic heterocycles. The molecule has 0 fully saturated rings. The average Bonchev–Trinajstić information content (AvgIpc) is 3.76. The Labute approximate surface area is 258 Å². The molecule has 0 aliphatic heterocycles. The van der Waals surface area contributed by atoms with Gasteiger partial charge in [-0.2, -0.15) is 0 Å². The van der Waals surface area contributed by atoms with Gasteiger partial charge in [0.05, 0.1) is 22.1 Å². The minimum atomic E-state index is 0.912. The molecule has 0 spiro atoms. The quantitative estimate of drug-likeness (QED) is 0.206. The number of rotatable bonds is 3. The smallest absolute Gasteiger partial charge is 0.135 e. The molecule has 210 valence electrons. The van der Waals surface area contributed by atoms with E-state index in [9.17, 15) is 0 Å². The normalized spacial score (nSPS) is 12.0. The van der Waals surface area contributed by atoms with Crippen LogP contribution in [0.1, 0.15) is 0 Å². The van der Waals surface area contributed by atoms with Crippen molar-refractivity contribution in [1.29, 1.82) is 0 Å². The molecule has 0 radical (unpaired) electrons. The fourth-order valence-electron chi connectivity index (χ4n) is 7.34. The van der Waals surface area contributed by atoms with Crippen LogP contribution in [-0.4, -0.2) is 9.13 Å². The highest BCUT2D eigenvalue weighted by molar-refractivity contribution is 6.23. The van der Waals surface area contributed by atoms with E-state index in [0.717, 1.165) is 33.3 Å². The molecule has 3 nitrogen and oxygen atoms in total. The Hall–Kier alpha value is -6.06. The largest absolute Gasteiger partial charge is 0.456 e. The fraction of sp³-hybridized carbons (Fsp3) is 0. The number of furan rings is 1. The fourth-order valence-corrected chi connectivity index (χ4v) is 7.34. The summed E-state index contributed by atoms with van der Waals surface area (Å²) in [5.41, 5.74) is 11.3. The lowest BCUT2D eigenvalue weighted by molar-refractivity contribution is 0.669. The van der Waals surface area contributed by atoms with Crippen molar-refractivity contribution in [2.45, 2.75) is 0 Å². The standard InChI is InChI=1S/C42H26N2O/c1-2-12-29(13-3-1)43-37-18-7-4-15-31(37)34-22-23-35-32-16-5-8-19-38(32)44(42(35)41(34)43)30-14-10-11-27(25-30)28-21-24-40-36(26-28)33-17-6-9-20-39(33)45-40/h1-26H. The number of fused-ring (bicyclic) bond motifs is 10. The van der Waals surface area contributed by atoms with Gasteiger partial charge < -0.3 is 13.6 Å². The Balaban J connectivity index is 1.30. The first-order valence-electron chi connectivity index (χ1n) is 15.4. The van der Waals surface area contributed by atoms with Gasteiger partial charge in [0.1, 0.15) is 11.2 Å². The van der Waals surface area contributed by atoms with E-state index in [4.69, 9.17) is 4.42 Å². The SMILES string of the molecule is c1ccc(-n2c3ccccc3c3ccc4c5ccccc5n(-c5cccc(-c6ccc7oc8ccccc8c7c6)c5)c4c32)cc1. The Morgan fingerprint density at radius 2 is 0.889 bits per heavy atom. The van der Waals surface area contributed by atoms with Crippen LogP contribution in [-0.2, 0) is 0 Å². The van der Waals surface area contributed by atoms with Gasteiger partial charge in [0.2, 0.25) is 0 Å². The number of hydrogen-bond acceptors (Lipinski definition) is 1. The summed E-state index contributed by atoms with van der Waals surface area (Å²) >= 11 is 0. The van der Waals surface area contributed by atoms with Crippen LogP contribution in [0, 0.1) is 0 Å². The van der Waals surface area contributed by atoms with Crippen LogP contribution >= 0.6 is 0 Å². The second-order valence-electron chi connectivity index (χ2n) is 11.8. The molecule has 0 amide bonds. The molecule has 0 saturated carbocycles. The van der Waals surface area contributed by atoms with Gasteiger partial charge in [-0.05, 0) is 65.7 Å². The second-order valence-corrected chi connectivity index (χ2v) is 11.8. The Kier molecular flexibility index (Phi) is 5.00. The first-order valence-corrected chi connectivity index (χ1v) is 15.4. The number of aromatic nitrogens is 2. The first kappa shape index (κ1) is 24.4. The van der Waals surface area contributed by atoms with Gasteiger partial charge in [0.15, 0.2) is 0 Å². The van der Waals surface area contributed by atoms with Crippen LogP contribution < -0.4 is 0 Å². The zero-order chi connectivity index (χ0) is 29.5. The van der Waals surface area contributed by atoms with Gasteiger partial charge in [-0.25, -0.2) is 0 Å². The van der Waals surface area contributed by atoms with Crippen molar-refractivity contribution in [2.75, 3.05) is 0 Å². The average molecular weight is 575 g/mol. The first-order chi connectivity index (χ1) is 22.3. The van der Waals surface area contributed by atoms with Gasteiger partial charge in [0, 0.05) is 43.7 Å². The molecule has 45 heavy (non-hydrogen) atoms. The lowest BCUT2D eigenvalue weighted by atomic mass is 10.0. The van der Waals surface area contributed by atoms with Crippen molar-refractivity contribution < 1.29 is 4.42 Å². The second kappa shape index (κ2) is 9.22. The van der Waals surface area contributed by atoms with Gasteiger partial charge in [-0.15, -0.1) is 0 Å². The van der Waals surface area contributed by atoms with E-state index in [2.05, 4.69) is 155 Å². The van der Waals surface area contributed by atoms with Crippen LogP contribution in [0.2, 0.25) is 0 Å². The summed E-state index contributed by atoms with van der Waals surface area (Å²) in [6.45, 7) is 0. The summed E-state index contributed by atoms with van der Waals surface area (Å²) in [6, 6.07) is 56.6. The summed E-state index contributed by atoms with van der Waals surface area (Å²) in [6.07, 6.45) is 0. The Morgan fingerprint density at radius 1 is 0.333 bits per heavy atom. The van der Waals surface area contributed by atoms with E-state index in [1.165, 1.54) is 54.7 Å². The maximum absolute atomic E-state index is 6.13. The van der Waals surface area contributed by atoms with Gasteiger partial charge in [0.25, 0.3) is 0 Å². The van der Waals surface area contributed by atoms with Crippen molar-refractivity contribution in [2.24, 2.45) is 0 Å². The highest BCUT2D eigenvalue weighted by atomic mass is 16.3. The molecular formula is C42H26N2O. The molecule has 0 aliphatic rings. The third-order valence-electron chi connectivity index (χ3n) is 9.30. The van der Waals surface area contributed by atoms with E-state index in [1.54, 1.807) is 0 Å². The molecule has 3 heterocycles. The van der Waals surface area contributed by atoms with Crippen LogP contribution in [0.5, 0.6) is 0 Å². The number of benzene rings is 7. The van der Waals surface area contributed by atoms with Crippen molar-refractivity contribution in [3.8, 4) is 22.5 Å². The minimum Gasteiger partial charge on any atom is -0.456 e. The summed E-state index contributed by atoms with van der Waals surface area (Å²) in [5, 5.41) is 7.28. The summed E-state index contributed by atoms with van der Waals surface area (Å²) in [5.74, 6) is 0.